The molecule has 1 rings (SSSR count). The zero-order valence-electron chi connectivity index (χ0n) is 9.12. The van der Waals surface area contributed by atoms with E-state index in [0.29, 0.717) is 19.4 Å². The van der Waals surface area contributed by atoms with Gasteiger partial charge in [-0.1, -0.05) is 0 Å². The van der Waals surface area contributed by atoms with Crippen molar-refractivity contribution in [2.45, 2.75) is 39.3 Å². The van der Waals surface area contributed by atoms with Gasteiger partial charge in [0.25, 0.3) is 0 Å². The van der Waals surface area contributed by atoms with Crippen LogP contribution in [0.3, 0.4) is 0 Å². The number of amides is 1. The molecule has 2 N–H and O–H groups in total. The molecule has 1 heterocycles. The molecular formula is C11H17NO2S. The van der Waals surface area contributed by atoms with E-state index in [1.54, 1.807) is 18.3 Å². The summed E-state index contributed by atoms with van der Waals surface area (Å²) >= 11 is 1.65. The summed E-state index contributed by atoms with van der Waals surface area (Å²) in [6, 6.07) is 2.04. The minimum atomic E-state index is -0.403. The summed E-state index contributed by atoms with van der Waals surface area (Å²) < 4.78 is 0. The van der Waals surface area contributed by atoms with Crippen LogP contribution in [0.25, 0.3) is 0 Å². The number of carbonyl (C=O) groups is 1. The lowest BCUT2D eigenvalue weighted by Crippen LogP contribution is -2.23. The third-order valence-corrected chi connectivity index (χ3v) is 3.23. The van der Waals surface area contributed by atoms with Crippen molar-refractivity contribution in [1.29, 1.82) is 0 Å². The molecule has 4 heteroatoms. The van der Waals surface area contributed by atoms with Crippen molar-refractivity contribution >= 4 is 17.2 Å². The molecule has 3 nitrogen and oxygen atoms in total. The van der Waals surface area contributed by atoms with Crippen molar-refractivity contribution in [2.24, 2.45) is 0 Å². The van der Waals surface area contributed by atoms with Gasteiger partial charge in [-0.15, -0.1) is 11.3 Å². The van der Waals surface area contributed by atoms with Crippen molar-refractivity contribution in [1.82, 2.24) is 5.32 Å². The van der Waals surface area contributed by atoms with E-state index < -0.39 is 6.10 Å². The molecule has 1 aromatic heterocycles. The average Bonchev–Trinajstić information content (AvgIpc) is 2.58. The molecule has 0 bridgehead atoms. The van der Waals surface area contributed by atoms with E-state index in [9.17, 15) is 4.79 Å². The zero-order valence-corrected chi connectivity index (χ0v) is 9.93. The molecular weight excluding hydrogens is 210 g/mol. The summed E-state index contributed by atoms with van der Waals surface area (Å²) in [5.41, 5.74) is 1.22. The SMILES string of the molecule is Cc1ccsc1CNC(=O)CCC(C)O. The number of aliphatic hydroxyl groups is 1. The van der Waals surface area contributed by atoms with Gasteiger partial charge in [-0.2, -0.15) is 0 Å². The number of rotatable bonds is 5. The van der Waals surface area contributed by atoms with Crippen LogP contribution in [0.4, 0.5) is 0 Å². The average molecular weight is 227 g/mol. The molecule has 1 aromatic rings. The Labute approximate surface area is 94.1 Å². The smallest absolute Gasteiger partial charge is 0.220 e. The second-order valence-corrected chi connectivity index (χ2v) is 4.69. The molecule has 0 saturated heterocycles. The summed E-state index contributed by atoms with van der Waals surface area (Å²) in [5.74, 6) is 0.00343. The molecule has 0 aromatic carbocycles. The van der Waals surface area contributed by atoms with Crippen molar-refractivity contribution < 1.29 is 9.90 Å². The standard InChI is InChI=1S/C11H17NO2S/c1-8-5-6-15-10(8)7-12-11(14)4-3-9(2)13/h5-6,9,13H,3-4,7H2,1-2H3,(H,12,14). The molecule has 0 radical (unpaired) electrons. The summed E-state index contributed by atoms with van der Waals surface area (Å²) in [6.07, 6.45) is 0.511. The van der Waals surface area contributed by atoms with Gasteiger partial charge in [0.2, 0.25) is 5.91 Å². The summed E-state index contributed by atoms with van der Waals surface area (Å²) in [5, 5.41) is 13.9. The van der Waals surface area contributed by atoms with Gasteiger partial charge >= 0.3 is 0 Å². The fraction of sp³-hybridized carbons (Fsp3) is 0.545. The Bertz CT molecular complexity index is 320. The van der Waals surface area contributed by atoms with Crippen LogP contribution in [0, 0.1) is 6.92 Å². The lowest BCUT2D eigenvalue weighted by Gasteiger charge is -2.05. The van der Waals surface area contributed by atoms with Gasteiger partial charge in [-0.25, -0.2) is 0 Å². The first kappa shape index (κ1) is 12.2. The van der Waals surface area contributed by atoms with Gasteiger partial charge in [-0.05, 0) is 37.3 Å². The maximum absolute atomic E-state index is 11.3. The lowest BCUT2D eigenvalue weighted by molar-refractivity contribution is -0.121. The van der Waals surface area contributed by atoms with E-state index in [1.165, 1.54) is 10.4 Å². The first-order valence-electron chi connectivity index (χ1n) is 5.07. The second-order valence-electron chi connectivity index (χ2n) is 3.69. The van der Waals surface area contributed by atoms with Crippen LogP contribution in [-0.2, 0) is 11.3 Å². The highest BCUT2D eigenvalue weighted by atomic mass is 32.1. The molecule has 84 valence electrons. The van der Waals surface area contributed by atoms with Crippen LogP contribution in [0.15, 0.2) is 11.4 Å². The highest BCUT2D eigenvalue weighted by Gasteiger charge is 2.05. The van der Waals surface area contributed by atoms with Crippen LogP contribution in [0.1, 0.15) is 30.2 Å². The van der Waals surface area contributed by atoms with E-state index >= 15 is 0 Å². The quantitative estimate of drug-likeness (QED) is 0.806. The Kier molecular flexibility index (Phi) is 4.78. The fourth-order valence-corrected chi connectivity index (χ4v) is 2.04. The van der Waals surface area contributed by atoms with Gasteiger partial charge in [0.1, 0.15) is 0 Å². The van der Waals surface area contributed by atoms with Crippen LogP contribution in [0.2, 0.25) is 0 Å². The number of aliphatic hydroxyl groups excluding tert-OH is 1. The molecule has 0 aliphatic rings. The Balaban J connectivity index is 2.26. The normalized spacial score (nSPS) is 12.5. The highest BCUT2D eigenvalue weighted by Crippen LogP contribution is 2.14. The van der Waals surface area contributed by atoms with Crippen molar-refractivity contribution in [3.8, 4) is 0 Å². The predicted molar refractivity (Wildman–Crippen MR) is 61.8 cm³/mol. The Morgan fingerprint density at radius 2 is 2.40 bits per heavy atom. The molecule has 0 aliphatic carbocycles. The number of carbonyl (C=O) groups excluding carboxylic acids is 1. The van der Waals surface area contributed by atoms with Crippen molar-refractivity contribution in [2.75, 3.05) is 0 Å². The maximum Gasteiger partial charge on any atom is 0.220 e. The Morgan fingerprint density at radius 3 is 2.93 bits per heavy atom. The van der Waals surface area contributed by atoms with E-state index in [-0.39, 0.29) is 5.91 Å². The topological polar surface area (TPSA) is 49.3 Å². The van der Waals surface area contributed by atoms with Gasteiger partial charge in [0.05, 0.1) is 12.6 Å². The largest absolute Gasteiger partial charge is 0.393 e. The zero-order chi connectivity index (χ0) is 11.3. The van der Waals surface area contributed by atoms with E-state index in [1.807, 2.05) is 18.4 Å². The molecule has 15 heavy (non-hydrogen) atoms. The van der Waals surface area contributed by atoms with Crippen LogP contribution >= 0.6 is 11.3 Å². The predicted octanol–water partition coefficient (Wildman–Crippen LogP) is 1.83. The number of hydrogen-bond acceptors (Lipinski definition) is 3. The molecule has 0 aliphatic heterocycles. The number of hydrogen-bond donors (Lipinski definition) is 2. The van der Waals surface area contributed by atoms with Gasteiger partial charge in [0.15, 0.2) is 0 Å². The summed E-state index contributed by atoms with van der Waals surface area (Å²) in [4.78, 5) is 12.5. The van der Waals surface area contributed by atoms with E-state index in [4.69, 9.17) is 5.11 Å². The van der Waals surface area contributed by atoms with E-state index in [2.05, 4.69) is 5.32 Å². The highest BCUT2D eigenvalue weighted by molar-refractivity contribution is 7.10. The Morgan fingerprint density at radius 1 is 1.67 bits per heavy atom. The summed E-state index contributed by atoms with van der Waals surface area (Å²) in [7, 11) is 0. The van der Waals surface area contributed by atoms with Gasteiger partial charge in [0, 0.05) is 11.3 Å². The molecule has 1 unspecified atom stereocenters. The van der Waals surface area contributed by atoms with Crippen molar-refractivity contribution in [3.05, 3.63) is 21.9 Å². The number of thiophene rings is 1. The van der Waals surface area contributed by atoms with Gasteiger partial charge < -0.3 is 10.4 Å². The van der Waals surface area contributed by atoms with Crippen LogP contribution in [0.5, 0.6) is 0 Å². The molecule has 0 saturated carbocycles. The first-order chi connectivity index (χ1) is 7.09. The molecule has 0 spiro atoms. The number of nitrogens with one attached hydrogen (secondary N) is 1. The molecule has 0 fully saturated rings. The van der Waals surface area contributed by atoms with Crippen LogP contribution < -0.4 is 5.32 Å². The Hall–Kier alpha value is -0.870. The molecule has 1 amide bonds. The van der Waals surface area contributed by atoms with Crippen LogP contribution in [-0.4, -0.2) is 17.1 Å². The minimum absolute atomic E-state index is 0.00343. The third-order valence-electron chi connectivity index (χ3n) is 2.20. The van der Waals surface area contributed by atoms with E-state index in [0.717, 1.165) is 0 Å². The lowest BCUT2D eigenvalue weighted by atomic mass is 10.2. The maximum atomic E-state index is 11.3. The minimum Gasteiger partial charge on any atom is -0.393 e. The van der Waals surface area contributed by atoms with Gasteiger partial charge in [-0.3, -0.25) is 4.79 Å². The fourth-order valence-electron chi connectivity index (χ4n) is 1.19. The van der Waals surface area contributed by atoms with Crippen molar-refractivity contribution in [3.63, 3.8) is 0 Å². The monoisotopic (exact) mass is 227 g/mol. The molecule has 1 atom stereocenters. The number of aryl methyl sites for hydroxylation is 1. The first-order valence-corrected chi connectivity index (χ1v) is 5.95. The third kappa shape index (κ3) is 4.44. The summed E-state index contributed by atoms with van der Waals surface area (Å²) in [6.45, 7) is 4.33. The second kappa shape index (κ2) is 5.88.